The van der Waals surface area contributed by atoms with Crippen LogP contribution in [0.25, 0.3) is 0 Å². The fourth-order valence-electron chi connectivity index (χ4n) is 0.912. The zero-order valence-corrected chi connectivity index (χ0v) is 7.14. The van der Waals surface area contributed by atoms with Crippen LogP contribution in [0.1, 0.15) is 5.69 Å². The average molecular weight is 199 g/mol. The van der Waals surface area contributed by atoms with Gasteiger partial charge >= 0.3 is 5.97 Å². The molecule has 4 N–H and O–H groups in total. The van der Waals surface area contributed by atoms with Crippen molar-refractivity contribution in [3.8, 4) is 0 Å². The average Bonchev–Trinajstić information content (AvgIpc) is 2.09. The molecule has 0 aliphatic rings. The number of carbonyl (C=O) groups is 1. The van der Waals surface area contributed by atoms with Gasteiger partial charge in [0.2, 0.25) is 5.69 Å². The maximum absolute atomic E-state index is 11.0. The zero-order chi connectivity index (χ0) is 10.7. The predicted molar refractivity (Wildman–Crippen MR) is 45.3 cm³/mol. The van der Waals surface area contributed by atoms with Gasteiger partial charge in [-0.15, -0.1) is 5.10 Å². The van der Waals surface area contributed by atoms with E-state index in [0.29, 0.717) is 0 Å². The standard InChI is InChI=1S/C7H9N3O4/c8-5(7(12)13)3-4-1-2-6(11)9-10(4)14/h1-2,5H,3,8H2,(H,9,11)(H,12,13). The minimum absolute atomic E-state index is 0.111. The first-order valence-corrected chi connectivity index (χ1v) is 3.81. The third-order valence-corrected chi connectivity index (χ3v) is 1.65. The van der Waals surface area contributed by atoms with Crippen LogP contribution in [0.4, 0.5) is 0 Å². The third-order valence-electron chi connectivity index (χ3n) is 1.65. The van der Waals surface area contributed by atoms with Gasteiger partial charge in [-0.05, 0) is 0 Å². The minimum atomic E-state index is -1.20. The molecule has 76 valence electrons. The van der Waals surface area contributed by atoms with Crippen molar-refractivity contribution in [3.63, 3.8) is 0 Å². The second kappa shape index (κ2) is 3.88. The molecule has 0 aromatic carbocycles. The molecule has 0 saturated carbocycles. The van der Waals surface area contributed by atoms with Gasteiger partial charge < -0.3 is 16.0 Å². The molecule has 1 aromatic heterocycles. The Labute approximate surface area is 78.3 Å². The van der Waals surface area contributed by atoms with E-state index in [0.717, 1.165) is 6.07 Å². The number of hydrogen-bond donors (Lipinski definition) is 3. The number of nitrogens with two attached hydrogens (primary N) is 1. The molecule has 1 rings (SSSR count). The van der Waals surface area contributed by atoms with E-state index in [4.69, 9.17) is 10.8 Å². The summed E-state index contributed by atoms with van der Waals surface area (Å²) in [6, 6.07) is 1.23. The molecule has 0 spiro atoms. The highest BCUT2D eigenvalue weighted by Crippen LogP contribution is 1.93. The first kappa shape index (κ1) is 10.2. The Morgan fingerprint density at radius 3 is 2.86 bits per heavy atom. The molecule has 0 amide bonds. The maximum Gasteiger partial charge on any atom is 0.321 e. The van der Waals surface area contributed by atoms with Crippen LogP contribution in [0.5, 0.6) is 0 Å². The van der Waals surface area contributed by atoms with Crippen LogP contribution in [0.3, 0.4) is 0 Å². The Balaban J connectivity index is 2.87. The Hall–Kier alpha value is -1.89. The Bertz CT molecular complexity index is 400. The van der Waals surface area contributed by atoms with Crippen LogP contribution >= 0.6 is 0 Å². The quantitative estimate of drug-likeness (QED) is 0.382. The van der Waals surface area contributed by atoms with Gasteiger partial charge in [0, 0.05) is 12.1 Å². The summed E-state index contributed by atoms with van der Waals surface area (Å²) in [6.45, 7) is 0. The van der Waals surface area contributed by atoms with Gasteiger partial charge in [0.15, 0.2) is 0 Å². The second-order valence-corrected chi connectivity index (χ2v) is 2.74. The Kier molecular flexibility index (Phi) is 2.82. The fraction of sp³-hybridized carbons (Fsp3) is 0.286. The van der Waals surface area contributed by atoms with Gasteiger partial charge in [0.1, 0.15) is 6.04 Å². The second-order valence-electron chi connectivity index (χ2n) is 2.74. The van der Waals surface area contributed by atoms with Crippen molar-refractivity contribution < 1.29 is 14.7 Å². The predicted octanol–water partition coefficient (Wildman–Crippen LogP) is -2.04. The fourth-order valence-corrected chi connectivity index (χ4v) is 0.912. The highest BCUT2D eigenvalue weighted by Gasteiger charge is 2.17. The number of hydrogen-bond acceptors (Lipinski definition) is 4. The minimum Gasteiger partial charge on any atom is -0.596 e. The summed E-state index contributed by atoms with van der Waals surface area (Å²) in [5.41, 5.74) is 4.77. The van der Waals surface area contributed by atoms with E-state index in [1.165, 1.54) is 6.07 Å². The van der Waals surface area contributed by atoms with E-state index in [-0.39, 0.29) is 17.0 Å². The summed E-state index contributed by atoms with van der Waals surface area (Å²) < 4.78 is 0. The summed E-state index contributed by atoms with van der Waals surface area (Å²) in [5, 5.41) is 21.4. The number of nitrogens with zero attached hydrogens (tertiary/aromatic N) is 1. The summed E-state index contributed by atoms with van der Waals surface area (Å²) in [7, 11) is 0. The molecule has 14 heavy (non-hydrogen) atoms. The lowest BCUT2D eigenvalue weighted by molar-refractivity contribution is -0.678. The normalized spacial score (nSPS) is 12.4. The number of aromatic nitrogens is 2. The van der Waals surface area contributed by atoms with Gasteiger partial charge in [-0.3, -0.25) is 9.59 Å². The van der Waals surface area contributed by atoms with Crippen molar-refractivity contribution in [2.75, 3.05) is 0 Å². The molecule has 7 nitrogen and oxygen atoms in total. The zero-order valence-electron chi connectivity index (χ0n) is 7.14. The lowest BCUT2D eigenvalue weighted by atomic mass is 10.1. The van der Waals surface area contributed by atoms with Crippen LogP contribution in [-0.2, 0) is 11.2 Å². The van der Waals surface area contributed by atoms with Crippen LogP contribution in [0, 0.1) is 5.21 Å². The maximum atomic E-state index is 11.0. The summed E-state index contributed by atoms with van der Waals surface area (Å²) in [4.78, 5) is 21.2. The van der Waals surface area contributed by atoms with Gasteiger partial charge in [0.25, 0.3) is 5.56 Å². The molecule has 0 saturated heterocycles. The van der Waals surface area contributed by atoms with Crippen LogP contribution < -0.4 is 16.1 Å². The van der Waals surface area contributed by atoms with E-state index >= 15 is 0 Å². The number of nitrogens with one attached hydrogen (secondary N) is 1. The van der Waals surface area contributed by atoms with Gasteiger partial charge in [-0.1, -0.05) is 4.85 Å². The molecule has 0 bridgehead atoms. The van der Waals surface area contributed by atoms with Crippen LogP contribution in [-0.4, -0.2) is 22.2 Å². The van der Waals surface area contributed by atoms with E-state index < -0.39 is 17.6 Å². The van der Waals surface area contributed by atoms with Crippen LogP contribution in [0.2, 0.25) is 0 Å². The molecular formula is C7H9N3O4. The summed E-state index contributed by atoms with van der Waals surface area (Å²) in [5.74, 6) is -1.20. The molecule has 1 aromatic rings. The molecule has 0 fully saturated rings. The van der Waals surface area contributed by atoms with E-state index in [1.807, 2.05) is 5.10 Å². The van der Waals surface area contributed by atoms with E-state index in [2.05, 4.69) is 0 Å². The van der Waals surface area contributed by atoms with Gasteiger partial charge in [-0.2, -0.15) is 0 Å². The molecule has 1 atom stereocenters. The molecular weight excluding hydrogens is 190 g/mol. The SMILES string of the molecule is NC(Cc1ccc(=O)[nH][n+]1[O-])C(=O)O. The summed E-state index contributed by atoms with van der Waals surface area (Å²) >= 11 is 0. The molecule has 0 radical (unpaired) electrons. The highest BCUT2D eigenvalue weighted by molar-refractivity contribution is 5.73. The summed E-state index contributed by atoms with van der Waals surface area (Å²) in [6.07, 6.45) is -0.129. The monoisotopic (exact) mass is 199 g/mol. The third kappa shape index (κ3) is 2.30. The number of aromatic amines is 1. The number of aliphatic carboxylic acids is 1. The van der Waals surface area contributed by atoms with E-state index in [1.54, 1.807) is 0 Å². The number of H-pyrrole nitrogens is 1. The Morgan fingerprint density at radius 2 is 2.36 bits per heavy atom. The van der Waals surface area contributed by atoms with Crippen molar-refractivity contribution in [3.05, 3.63) is 33.4 Å². The lowest BCUT2D eigenvalue weighted by Crippen LogP contribution is -2.44. The van der Waals surface area contributed by atoms with E-state index in [9.17, 15) is 14.8 Å². The van der Waals surface area contributed by atoms with Crippen LogP contribution in [0.15, 0.2) is 16.9 Å². The first-order chi connectivity index (χ1) is 6.50. The van der Waals surface area contributed by atoms with Crippen molar-refractivity contribution in [2.24, 2.45) is 5.73 Å². The number of carboxylic acids is 1. The molecule has 1 heterocycles. The number of rotatable bonds is 3. The molecule has 0 aliphatic heterocycles. The van der Waals surface area contributed by atoms with Crippen molar-refractivity contribution in [1.29, 1.82) is 0 Å². The van der Waals surface area contributed by atoms with Gasteiger partial charge in [-0.25, -0.2) is 0 Å². The smallest absolute Gasteiger partial charge is 0.321 e. The molecule has 0 aliphatic carbocycles. The molecule has 1 unspecified atom stereocenters. The number of carboxylic acid groups (broad SMARTS) is 1. The van der Waals surface area contributed by atoms with Gasteiger partial charge in [0.05, 0.1) is 6.42 Å². The van der Waals surface area contributed by atoms with Crippen molar-refractivity contribution in [1.82, 2.24) is 5.10 Å². The molecule has 7 heteroatoms. The van der Waals surface area contributed by atoms with Crippen molar-refractivity contribution >= 4 is 5.97 Å². The largest absolute Gasteiger partial charge is 0.596 e. The van der Waals surface area contributed by atoms with Crippen molar-refractivity contribution in [2.45, 2.75) is 12.5 Å². The lowest BCUT2D eigenvalue weighted by Gasteiger charge is -2.05. The first-order valence-electron chi connectivity index (χ1n) is 3.81. The highest BCUT2D eigenvalue weighted by atomic mass is 16.5. The topological polar surface area (TPSA) is 123 Å². The Morgan fingerprint density at radius 1 is 1.71 bits per heavy atom.